The molecule has 1 atom stereocenters. The van der Waals surface area contributed by atoms with Gasteiger partial charge in [-0.3, -0.25) is 4.79 Å². The first kappa shape index (κ1) is 20.5. The molecule has 0 aliphatic rings. The molecule has 27 heavy (non-hydrogen) atoms. The van der Waals surface area contributed by atoms with E-state index in [0.29, 0.717) is 5.56 Å². The zero-order chi connectivity index (χ0) is 20.4. The molecule has 0 radical (unpaired) electrons. The van der Waals surface area contributed by atoms with Crippen LogP contribution >= 0.6 is 0 Å². The molecular formula is C17H16F2N2O5S. The third kappa shape index (κ3) is 5.08. The summed E-state index contributed by atoms with van der Waals surface area (Å²) in [6.07, 6.45) is -1.36. The van der Waals surface area contributed by atoms with Crippen molar-refractivity contribution in [1.29, 1.82) is 0 Å². The second-order valence-electron chi connectivity index (χ2n) is 5.69. The minimum atomic E-state index is -4.05. The van der Waals surface area contributed by atoms with Crippen LogP contribution in [0.5, 0.6) is 0 Å². The number of halogens is 2. The normalized spacial score (nSPS) is 12.3. The molecule has 144 valence electrons. The van der Waals surface area contributed by atoms with Gasteiger partial charge in [0.2, 0.25) is 10.0 Å². The van der Waals surface area contributed by atoms with E-state index in [0.717, 1.165) is 24.3 Å². The number of ether oxygens (including phenoxy) is 1. The predicted molar refractivity (Wildman–Crippen MR) is 92.4 cm³/mol. The molecule has 0 aliphatic heterocycles. The number of hydrogen-bond acceptors (Lipinski definition) is 5. The van der Waals surface area contributed by atoms with E-state index in [1.165, 1.54) is 26.0 Å². The monoisotopic (exact) mass is 398 g/mol. The molecular weight excluding hydrogens is 382 g/mol. The largest absolute Gasteiger partial charge is 0.449 e. The number of nitrogens with one attached hydrogen (secondary N) is 1. The minimum Gasteiger partial charge on any atom is -0.449 e. The van der Waals surface area contributed by atoms with Crippen LogP contribution in [0.1, 0.15) is 22.8 Å². The summed E-state index contributed by atoms with van der Waals surface area (Å²) in [7, 11) is -4.05. The molecule has 2 aromatic rings. The Morgan fingerprint density at radius 2 is 1.81 bits per heavy atom. The molecule has 10 heteroatoms. The fourth-order valence-electron chi connectivity index (χ4n) is 2.14. The smallest absolute Gasteiger partial charge is 0.338 e. The Morgan fingerprint density at radius 3 is 2.44 bits per heavy atom. The van der Waals surface area contributed by atoms with Crippen LogP contribution < -0.4 is 10.5 Å². The van der Waals surface area contributed by atoms with Gasteiger partial charge in [0.1, 0.15) is 11.6 Å². The molecule has 2 aromatic carbocycles. The van der Waals surface area contributed by atoms with Crippen LogP contribution in [0, 0.1) is 18.6 Å². The van der Waals surface area contributed by atoms with Crippen molar-refractivity contribution in [3.63, 3.8) is 0 Å². The lowest BCUT2D eigenvalue weighted by Crippen LogP contribution is -2.30. The lowest BCUT2D eigenvalue weighted by Gasteiger charge is -2.14. The summed E-state index contributed by atoms with van der Waals surface area (Å²) in [5.74, 6) is -3.50. The van der Waals surface area contributed by atoms with Crippen molar-refractivity contribution in [3.8, 4) is 0 Å². The van der Waals surface area contributed by atoms with Gasteiger partial charge in [-0.05, 0) is 43.7 Å². The maximum Gasteiger partial charge on any atom is 0.338 e. The SMILES string of the molecule is Cc1ccc(C(=O)OC(C)C(=O)Nc2cc(F)ccc2F)cc1S(N)(=O)=O. The van der Waals surface area contributed by atoms with Crippen LogP contribution in [0.2, 0.25) is 0 Å². The first-order valence-corrected chi connectivity index (χ1v) is 9.14. The zero-order valence-electron chi connectivity index (χ0n) is 14.3. The Labute approximate surface area is 154 Å². The number of benzene rings is 2. The number of esters is 1. The van der Waals surface area contributed by atoms with Crippen molar-refractivity contribution >= 4 is 27.6 Å². The minimum absolute atomic E-state index is 0.138. The van der Waals surface area contributed by atoms with Gasteiger partial charge in [0.05, 0.1) is 16.1 Å². The summed E-state index contributed by atoms with van der Waals surface area (Å²) in [5, 5.41) is 7.18. The van der Waals surface area contributed by atoms with Crippen LogP contribution in [-0.2, 0) is 19.6 Å². The molecule has 0 heterocycles. The van der Waals surface area contributed by atoms with E-state index in [1.54, 1.807) is 0 Å². The fraction of sp³-hybridized carbons (Fsp3) is 0.176. The van der Waals surface area contributed by atoms with Gasteiger partial charge < -0.3 is 10.1 Å². The van der Waals surface area contributed by atoms with Gasteiger partial charge in [-0.25, -0.2) is 27.1 Å². The van der Waals surface area contributed by atoms with Crippen LogP contribution in [0.3, 0.4) is 0 Å². The van der Waals surface area contributed by atoms with E-state index >= 15 is 0 Å². The number of aryl methyl sites for hydroxylation is 1. The zero-order valence-corrected chi connectivity index (χ0v) is 15.1. The van der Waals surface area contributed by atoms with Crippen LogP contribution in [0.15, 0.2) is 41.3 Å². The van der Waals surface area contributed by atoms with Gasteiger partial charge in [-0.15, -0.1) is 0 Å². The highest BCUT2D eigenvalue weighted by Crippen LogP contribution is 2.18. The summed E-state index contributed by atoms with van der Waals surface area (Å²) in [6, 6.07) is 6.20. The summed E-state index contributed by atoms with van der Waals surface area (Å²) < 4.78 is 54.7. The average Bonchev–Trinajstić information content (AvgIpc) is 2.57. The number of carbonyl (C=O) groups excluding carboxylic acids is 2. The van der Waals surface area contributed by atoms with Gasteiger partial charge >= 0.3 is 5.97 Å². The molecule has 3 N–H and O–H groups in total. The van der Waals surface area contributed by atoms with E-state index in [2.05, 4.69) is 5.32 Å². The number of primary sulfonamides is 1. The molecule has 2 rings (SSSR count). The van der Waals surface area contributed by atoms with E-state index in [1.807, 2.05) is 0 Å². The van der Waals surface area contributed by atoms with Crippen molar-refractivity contribution < 1.29 is 31.5 Å². The number of sulfonamides is 1. The second kappa shape index (κ2) is 7.80. The van der Waals surface area contributed by atoms with Crippen molar-refractivity contribution in [2.24, 2.45) is 5.14 Å². The van der Waals surface area contributed by atoms with Crippen molar-refractivity contribution in [1.82, 2.24) is 0 Å². The Kier molecular flexibility index (Phi) is 5.91. The number of anilines is 1. The molecule has 0 bridgehead atoms. The van der Waals surface area contributed by atoms with E-state index < -0.39 is 45.3 Å². The standard InChI is InChI=1S/C17H16F2N2O5S/c1-9-3-4-11(7-15(9)27(20,24)25)17(23)26-10(2)16(22)21-14-8-12(18)5-6-13(14)19/h3-8,10H,1-2H3,(H,21,22)(H2,20,24,25). The molecule has 0 spiro atoms. The van der Waals surface area contributed by atoms with Crippen LogP contribution in [0.4, 0.5) is 14.5 Å². The number of carbonyl (C=O) groups is 2. The lowest BCUT2D eigenvalue weighted by molar-refractivity contribution is -0.123. The first-order chi connectivity index (χ1) is 12.5. The van der Waals surface area contributed by atoms with Crippen LogP contribution in [0.25, 0.3) is 0 Å². The molecule has 7 nitrogen and oxygen atoms in total. The number of nitrogens with two attached hydrogens (primary N) is 1. The third-order valence-electron chi connectivity index (χ3n) is 3.57. The van der Waals surface area contributed by atoms with Gasteiger partial charge in [-0.1, -0.05) is 6.07 Å². The molecule has 0 aliphatic carbocycles. The van der Waals surface area contributed by atoms with Gasteiger partial charge in [0.15, 0.2) is 6.10 Å². The van der Waals surface area contributed by atoms with Crippen molar-refractivity contribution in [3.05, 3.63) is 59.2 Å². The summed E-state index contributed by atoms with van der Waals surface area (Å²) in [5.41, 5.74) is -0.211. The van der Waals surface area contributed by atoms with Crippen molar-refractivity contribution in [2.75, 3.05) is 5.32 Å². The maximum absolute atomic E-state index is 13.6. The van der Waals surface area contributed by atoms with E-state index in [4.69, 9.17) is 9.88 Å². The highest BCUT2D eigenvalue weighted by atomic mass is 32.2. The molecule has 0 saturated heterocycles. The molecule has 0 saturated carbocycles. The molecule has 1 unspecified atom stereocenters. The summed E-state index contributed by atoms with van der Waals surface area (Å²) >= 11 is 0. The highest BCUT2D eigenvalue weighted by Gasteiger charge is 2.22. The Morgan fingerprint density at radius 1 is 1.15 bits per heavy atom. The first-order valence-electron chi connectivity index (χ1n) is 7.59. The Bertz CT molecular complexity index is 1010. The fourth-order valence-corrected chi connectivity index (χ4v) is 2.95. The number of hydrogen-bond donors (Lipinski definition) is 2. The van der Waals surface area contributed by atoms with Gasteiger partial charge in [0.25, 0.3) is 5.91 Å². The second-order valence-corrected chi connectivity index (χ2v) is 7.22. The van der Waals surface area contributed by atoms with Gasteiger partial charge in [0, 0.05) is 6.07 Å². The lowest BCUT2D eigenvalue weighted by atomic mass is 10.1. The summed E-state index contributed by atoms with van der Waals surface area (Å²) in [4.78, 5) is 23.9. The molecule has 0 fully saturated rings. The van der Waals surface area contributed by atoms with E-state index in [9.17, 15) is 26.8 Å². The Balaban J connectivity index is 2.13. The predicted octanol–water partition coefficient (Wildman–Crippen LogP) is 2.10. The Hall–Kier alpha value is -2.85. The van der Waals surface area contributed by atoms with Gasteiger partial charge in [-0.2, -0.15) is 0 Å². The highest BCUT2D eigenvalue weighted by molar-refractivity contribution is 7.89. The average molecular weight is 398 g/mol. The van der Waals surface area contributed by atoms with E-state index in [-0.39, 0.29) is 10.5 Å². The summed E-state index contributed by atoms with van der Waals surface area (Å²) in [6.45, 7) is 2.72. The topological polar surface area (TPSA) is 116 Å². The number of amides is 1. The van der Waals surface area contributed by atoms with Crippen LogP contribution in [-0.4, -0.2) is 26.4 Å². The molecule has 0 aromatic heterocycles. The quantitative estimate of drug-likeness (QED) is 0.749. The third-order valence-corrected chi connectivity index (χ3v) is 4.62. The van der Waals surface area contributed by atoms with Crippen molar-refractivity contribution in [2.45, 2.75) is 24.8 Å². The number of rotatable bonds is 5. The molecule has 1 amide bonds. The maximum atomic E-state index is 13.6.